The summed E-state index contributed by atoms with van der Waals surface area (Å²) in [7, 11) is -9.48. The summed E-state index contributed by atoms with van der Waals surface area (Å²) in [4.78, 5) is 15.5. The predicted molar refractivity (Wildman–Crippen MR) is 157 cm³/mol. The van der Waals surface area contributed by atoms with Crippen LogP contribution < -0.4 is 5.43 Å². The summed E-state index contributed by atoms with van der Waals surface area (Å²) in [5.41, 5.74) is -3.33. The van der Waals surface area contributed by atoms with Crippen LogP contribution in [0.3, 0.4) is 0 Å². The van der Waals surface area contributed by atoms with E-state index in [4.69, 9.17) is 3.63 Å². The summed E-state index contributed by atoms with van der Waals surface area (Å²) < 4.78 is 73.0. The third-order valence-corrected chi connectivity index (χ3v) is 13.1. The fraction of sp³-hybridized carbons (Fsp3) is 0.200. The van der Waals surface area contributed by atoms with Gasteiger partial charge in [-0.3, -0.25) is 4.79 Å². The van der Waals surface area contributed by atoms with E-state index in [2.05, 4.69) is 6.07 Å². The Labute approximate surface area is 236 Å². The van der Waals surface area contributed by atoms with Crippen LogP contribution >= 0.6 is 11.3 Å². The van der Waals surface area contributed by atoms with E-state index in [9.17, 15) is 26.4 Å². The summed E-state index contributed by atoms with van der Waals surface area (Å²) in [6.45, 7) is 4.04. The number of hydrogen-bond donors (Lipinski definition) is 0. The second kappa shape index (κ2) is 10.7. The van der Waals surface area contributed by atoms with Crippen LogP contribution in [0.1, 0.15) is 35.4 Å². The molecular weight excluding hydrogens is 578 g/mol. The molecule has 1 aliphatic rings. The Morgan fingerprint density at radius 2 is 1.50 bits per heavy atom. The maximum absolute atomic E-state index is 13.9. The van der Waals surface area contributed by atoms with Gasteiger partial charge < -0.3 is 0 Å². The Balaban J connectivity index is 1.88. The first kappa shape index (κ1) is 28.5. The maximum Gasteiger partial charge on any atom is 0.527 e. The van der Waals surface area contributed by atoms with E-state index in [0.717, 1.165) is 28.7 Å². The van der Waals surface area contributed by atoms with Gasteiger partial charge in [0.15, 0.2) is 15.2 Å². The van der Waals surface area contributed by atoms with Crippen molar-refractivity contribution >= 4 is 52.4 Å². The van der Waals surface area contributed by atoms with Crippen molar-refractivity contribution in [1.29, 1.82) is 0 Å². The Morgan fingerprint density at radius 1 is 0.900 bits per heavy atom. The molecule has 0 saturated carbocycles. The maximum atomic E-state index is 13.9. The third-order valence-electron chi connectivity index (χ3n) is 6.81. The molecule has 1 aliphatic carbocycles. The van der Waals surface area contributed by atoms with E-state index in [1.54, 1.807) is 72.8 Å². The van der Waals surface area contributed by atoms with E-state index in [1.165, 1.54) is 11.3 Å². The van der Waals surface area contributed by atoms with Crippen molar-refractivity contribution in [1.82, 2.24) is 0 Å². The number of halogens is 3. The molecule has 0 N–H and O–H groups in total. The highest BCUT2D eigenvalue weighted by Crippen LogP contribution is 2.41. The number of fused-ring (bicyclic) bond motifs is 2. The lowest BCUT2D eigenvalue weighted by molar-refractivity contribution is -0.0496. The molecule has 0 amide bonds. The summed E-state index contributed by atoms with van der Waals surface area (Å²) in [5, 5.41) is 0.568. The minimum absolute atomic E-state index is 0.0542. The molecule has 10 heteroatoms. The van der Waals surface area contributed by atoms with Crippen molar-refractivity contribution in [2.24, 2.45) is 0 Å². The smallest absolute Gasteiger partial charge is 0.289 e. The summed E-state index contributed by atoms with van der Waals surface area (Å²) in [5.74, 6) is 0. The van der Waals surface area contributed by atoms with Gasteiger partial charge in [0.1, 0.15) is 14.8 Å². The lowest BCUT2D eigenvalue weighted by atomic mass is 9.99. The normalized spacial score (nSPS) is 14.0. The lowest BCUT2D eigenvalue weighted by Crippen LogP contribution is -2.36. The first-order valence-electron chi connectivity index (χ1n) is 12.6. The molecular formula is C30H26F3O4S3+. The van der Waals surface area contributed by atoms with E-state index < -0.39 is 25.5 Å². The quantitative estimate of drug-likeness (QED) is 0.133. The summed E-state index contributed by atoms with van der Waals surface area (Å²) in [6.07, 6.45) is 4.77. The van der Waals surface area contributed by atoms with Crippen molar-refractivity contribution in [3.8, 4) is 0 Å². The van der Waals surface area contributed by atoms with Gasteiger partial charge in [-0.05, 0) is 66.5 Å². The Hall–Kier alpha value is -3.05. The van der Waals surface area contributed by atoms with Crippen LogP contribution in [0.5, 0.6) is 0 Å². The monoisotopic (exact) mass is 603 g/mol. The minimum atomic E-state index is -6.03. The van der Waals surface area contributed by atoms with Crippen molar-refractivity contribution in [3.05, 3.63) is 111 Å². The van der Waals surface area contributed by atoms with Gasteiger partial charge in [-0.2, -0.15) is 21.6 Å². The fourth-order valence-electron chi connectivity index (χ4n) is 4.82. The molecule has 0 fully saturated rings. The van der Waals surface area contributed by atoms with Gasteiger partial charge in [-0.1, -0.05) is 59.9 Å². The number of allylic oxidation sites excluding steroid dienone is 1. The number of alkyl halides is 3. The topological polar surface area (TPSA) is 60.4 Å². The largest absolute Gasteiger partial charge is 0.527 e. The van der Waals surface area contributed by atoms with Crippen molar-refractivity contribution in [3.63, 3.8) is 0 Å². The third kappa shape index (κ3) is 4.87. The zero-order valence-electron chi connectivity index (χ0n) is 21.7. The molecule has 0 spiro atoms. The highest BCUT2D eigenvalue weighted by atomic mass is 32.3. The molecule has 4 aromatic rings. The average molecular weight is 604 g/mol. The second-order valence-electron chi connectivity index (χ2n) is 9.24. The van der Waals surface area contributed by atoms with Gasteiger partial charge in [0.05, 0.1) is 0 Å². The molecule has 1 heterocycles. The first-order valence-corrected chi connectivity index (χ1v) is 16.4. The summed E-state index contributed by atoms with van der Waals surface area (Å²) in [6, 6.07) is 20.1. The molecule has 0 bridgehead atoms. The molecule has 0 radical (unpaired) electrons. The van der Waals surface area contributed by atoms with Crippen LogP contribution in [-0.4, -0.2) is 18.8 Å². The van der Waals surface area contributed by atoms with Crippen molar-refractivity contribution in [2.75, 3.05) is 0 Å². The van der Waals surface area contributed by atoms with Gasteiger partial charge in [0.25, 0.3) is 0 Å². The Bertz CT molecular complexity index is 1800. The SMILES string of the molecule is CCc1cc(CC)c2sc3c(c(=O)c2c1)CC(=[S+](OS(=O)(=O)C(F)(F)F)(c1ccccc1)c1ccccc1)C=C3. The van der Waals surface area contributed by atoms with Gasteiger partial charge in [-0.15, -0.1) is 11.3 Å². The standard InChI is InChI=1S/C30H26F3O4S3/c1-3-20-17-21(4-2)29-26(18-20)28(34)25-19-24(15-16-27(25)38-29)39(22-11-7-5-8-12-22,23-13-9-6-10-14-23)37-40(35,36)30(31,32)33/h5-18H,3-4,19H2,1-2H3/q+1. The van der Waals surface area contributed by atoms with Crippen molar-refractivity contribution in [2.45, 2.75) is 48.4 Å². The molecule has 40 heavy (non-hydrogen) atoms. The highest BCUT2D eigenvalue weighted by molar-refractivity contribution is 8.15. The average Bonchev–Trinajstić information content (AvgIpc) is 2.96. The fourth-order valence-corrected chi connectivity index (χ4v) is 11.0. The molecule has 208 valence electrons. The van der Waals surface area contributed by atoms with Crippen LogP contribution in [-0.2, 0) is 42.9 Å². The summed E-state index contributed by atoms with van der Waals surface area (Å²) >= 11 is 1.47. The number of benzene rings is 3. The molecule has 3 aromatic carbocycles. The Kier molecular flexibility index (Phi) is 7.64. The van der Waals surface area contributed by atoms with Gasteiger partial charge in [0, 0.05) is 26.9 Å². The zero-order chi connectivity index (χ0) is 28.7. The highest BCUT2D eigenvalue weighted by Gasteiger charge is 2.55. The van der Waals surface area contributed by atoms with Gasteiger partial charge in [0.2, 0.25) is 0 Å². The predicted octanol–water partition coefficient (Wildman–Crippen LogP) is 7.18. The minimum Gasteiger partial charge on any atom is -0.289 e. The van der Waals surface area contributed by atoms with Gasteiger partial charge >= 0.3 is 15.6 Å². The van der Waals surface area contributed by atoms with E-state index >= 15 is 0 Å². The number of aryl methyl sites for hydroxylation is 2. The van der Waals surface area contributed by atoms with Crippen LogP contribution in [0.15, 0.2) is 93.5 Å². The Morgan fingerprint density at radius 3 is 2.02 bits per heavy atom. The van der Waals surface area contributed by atoms with Crippen LogP contribution in [0.4, 0.5) is 13.2 Å². The molecule has 0 saturated heterocycles. The van der Waals surface area contributed by atoms with Crippen LogP contribution in [0.2, 0.25) is 0 Å². The van der Waals surface area contributed by atoms with Crippen molar-refractivity contribution < 1.29 is 25.2 Å². The molecule has 0 unspecified atom stereocenters. The second-order valence-corrected chi connectivity index (χ2v) is 14.8. The molecule has 4 nitrogen and oxygen atoms in total. The van der Waals surface area contributed by atoms with E-state index in [-0.39, 0.29) is 26.5 Å². The van der Waals surface area contributed by atoms with Gasteiger partial charge in [-0.25, -0.2) is 0 Å². The number of rotatable bonds is 6. The first-order chi connectivity index (χ1) is 19.0. The molecule has 0 atom stereocenters. The molecule has 1 aromatic heterocycles. The zero-order valence-corrected chi connectivity index (χ0v) is 24.1. The van der Waals surface area contributed by atoms with E-state index in [1.807, 2.05) is 19.9 Å². The van der Waals surface area contributed by atoms with E-state index in [0.29, 0.717) is 15.8 Å². The molecule has 0 aliphatic heterocycles. The van der Waals surface area contributed by atoms with Crippen LogP contribution in [0.25, 0.3) is 16.2 Å². The molecule has 5 rings (SSSR count). The lowest BCUT2D eigenvalue weighted by Gasteiger charge is -2.24. The van der Waals surface area contributed by atoms with Crippen LogP contribution in [0, 0.1) is 0 Å². The number of hydrogen-bond acceptors (Lipinski definition) is 5.